The van der Waals surface area contributed by atoms with Crippen LogP contribution in [0.1, 0.15) is 27.1 Å². The summed E-state index contributed by atoms with van der Waals surface area (Å²) in [6, 6.07) is 12.2. The molecule has 0 aromatic heterocycles. The van der Waals surface area contributed by atoms with Gasteiger partial charge in [0.2, 0.25) is 5.91 Å². The Morgan fingerprint density at radius 3 is 2.23 bits per heavy atom. The van der Waals surface area contributed by atoms with Gasteiger partial charge in [-0.1, -0.05) is 23.7 Å². The van der Waals surface area contributed by atoms with Crippen molar-refractivity contribution in [3.63, 3.8) is 0 Å². The molecule has 0 bridgehead atoms. The lowest BCUT2D eigenvalue weighted by molar-refractivity contribution is -0.115. The third kappa shape index (κ3) is 3.93. The molecule has 2 rings (SSSR count). The number of hydrogen-bond acceptors (Lipinski definition) is 3. The molecule has 2 aromatic rings. The number of carbonyl (C=O) groups excluding carboxylic acids is 2. The third-order valence-corrected chi connectivity index (χ3v) is 3.24. The van der Waals surface area contributed by atoms with Crippen LogP contribution in [0.2, 0.25) is 5.02 Å². The average molecular weight is 318 g/mol. The number of amides is 1. The molecule has 2 N–H and O–H groups in total. The standard InChI is InChI=1S/C16H12ClNO4/c17-13-4-2-1-3-12(13)14(19)9-15(20)18-11-7-5-10(6-8-11)16(21)22/h1-8H,9H2,(H,18,20)(H,21,22). The predicted molar refractivity (Wildman–Crippen MR) is 82.4 cm³/mol. The Kier molecular flexibility index (Phi) is 4.91. The zero-order valence-electron chi connectivity index (χ0n) is 11.4. The lowest BCUT2D eigenvalue weighted by atomic mass is 10.1. The van der Waals surface area contributed by atoms with Crippen molar-refractivity contribution in [3.8, 4) is 0 Å². The quantitative estimate of drug-likeness (QED) is 0.655. The lowest BCUT2D eigenvalue weighted by Crippen LogP contribution is -2.16. The zero-order valence-corrected chi connectivity index (χ0v) is 12.1. The first-order chi connectivity index (χ1) is 10.5. The summed E-state index contributed by atoms with van der Waals surface area (Å²) in [7, 11) is 0. The second kappa shape index (κ2) is 6.87. The molecule has 0 saturated heterocycles. The number of Topliss-reactive ketones (excluding diaryl/α,β-unsaturated/α-hetero) is 1. The van der Waals surface area contributed by atoms with Crippen LogP contribution in [0, 0.1) is 0 Å². The summed E-state index contributed by atoms with van der Waals surface area (Å²) in [4.78, 5) is 34.5. The highest BCUT2D eigenvalue weighted by atomic mass is 35.5. The molecule has 0 fully saturated rings. The number of aromatic carboxylic acids is 1. The molecular formula is C16H12ClNO4. The zero-order chi connectivity index (χ0) is 16.1. The third-order valence-electron chi connectivity index (χ3n) is 2.91. The second-order valence-corrected chi connectivity index (χ2v) is 4.92. The van der Waals surface area contributed by atoms with Crippen LogP contribution in [0.5, 0.6) is 0 Å². The molecule has 6 heteroatoms. The minimum absolute atomic E-state index is 0.116. The molecule has 0 atom stereocenters. The molecular weight excluding hydrogens is 306 g/mol. The van der Waals surface area contributed by atoms with Crippen LogP contribution in [0.3, 0.4) is 0 Å². The van der Waals surface area contributed by atoms with Crippen molar-refractivity contribution >= 4 is 34.9 Å². The molecule has 0 aliphatic rings. The van der Waals surface area contributed by atoms with Gasteiger partial charge in [-0.2, -0.15) is 0 Å². The number of carboxylic acid groups (broad SMARTS) is 1. The van der Waals surface area contributed by atoms with Crippen LogP contribution >= 0.6 is 11.6 Å². The molecule has 0 heterocycles. The summed E-state index contributed by atoms with van der Waals surface area (Å²) in [5, 5.41) is 11.6. The minimum atomic E-state index is -1.05. The van der Waals surface area contributed by atoms with E-state index >= 15 is 0 Å². The molecule has 0 spiro atoms. The van der Waals surface area contributed by atoms with Crippen LogP contribution in [-0.4, -0.2) is 22.8 Å². The van der Waals surface area contributed by atoms with Crippen LogP contribution in [-0.2, 0) is 4.79 Å². The number of carbonyl (C=O) groups is 3. The second-order valence-electron chi connectivity index (χ2n) is 4.51. The summed E-state index contributed by atoms with van der Waals surface area (Å²) < 4.78 is 0. The number of halogens is 1. The van der Waals surface area contributed by atoms with E-state index in [0.29, 0.717) is 16.3 Å². The fourth-order valence-corrected chi connectivity index (χ4v) is 2.07. The maximum Gasteiger partial charge on any atom is 0.335 e. The van der Waals surface area contributed by atoms with E-state index in [1.54, 1.807) is 24.3 Å². The number of benzene rings is 2. The van der Waals surface area contributed by atoms with Gasteiger partial charge >= 0.3 is 5.97 Å². The van der Waals surface area contributed by atoms with Crippen molar-refractivity contribution in [2.24, 2.45) is 0 Å². The summed E-state index contributed by atoms with van der Waals surface area (Å²) in [6.45, 7) is 0. The molecule has 22 heavy (non-hydrogen) atoms. The molecule has 0 saturated carbocycles. The Bertz CT molecular complexity index is 725. The number of rotatable bonds is 5. The molecule has 0 unspecified atom stereocenters. The van der Waals surface area contributed by atoms with Gasteiger partial charge in [-0.15, -0.1) is 0 Å². The van der Waals surface area contributed by atoms with Crippen molar-refractivity contribution in [3.05, 3.63) is 64.7 Å². The fourth-order valence-electron chi connectivity index (χ4n) is 1.83. The van der Waals surface area contributed by atoms with Crippen LogP contribution in [0.25, 0.3) is 0 Å². The molecule has 2 aromatic carbocycles. The lowest BCUT2D eigenvalue weighted by Gasteiger charge is -2.06. The van der Waals surface area contributed by atoms with Gasteiger partial charge in [-0.25, -0.2) is 4.79 Å². The van der Waals surface area contributed by atoms with E-state index in [9.17, 15) is 14.4 Å². The number of ketones is 1. The van der Waals surface area contributed by atoms with E-state index in [1.165, 1.54) is 24.3 Å². The topological polar surface area (TPSA) is 83.5 Å². The summed E-state index contributed by atoms with van der Waals surface area (Å²) in [6.07, 6.45) is -0.343. The van der Waals surface area contributed by atoms with Gasteiger partial charge in [-0.05, 0) is 36.4 Å². The molecule has 0 radical (unpaired) electrons. The van der Waals surface area contributed by atoms with Crippen molar-refractivity contribution in [2.45, 2.75) is 6.42 Å². The van der Waals surface area contributed by atoms with Crippen molar-refractivity contribution in [1.29, 1.82) is 0 Å². The first-order valence-corrected chi connectivity index (χ1v) is 6.76. The van der Waals surface area contributed by atoms with E-state index in [1.807, 2.05) is 0 Å². The largest absolute Gasteiger partial charge is 0.478 e. The monoisotopic (exact) mass is 317 g/mol. The van der Waals surface area contributed by atoms with Gasteiger partial charge in [0, 0.05) is 11.3 Å². The highest BCUT2D eigenvalue weighted by molar-refractivity contribution is 6.34. The van der Waals surface area contributed by atoms with Crippen LogP contribution in [0.15, 0.2) is 48.5 Å². The molecule has 5 nitrogen and oxygen atoms in total. The van der Waals surface area contributed by atoms with Gasteiger partial charge in [0.1, 0.15) is 0 Å². The Morgan fingerprint density at radius 1 is 1.00 bits per heavy atom. The fraction of sp³-hybridized carbons (Fsp3) is 0.0625. The van der Waals surface area contributed by atoms with Crippen LogP contribution in [0.4, 0.5) is 5.69 Å². The summed E-state index contributed by atoms with van der Waals surface area (Å²) in [5.41, 5.74) is 0.827. The minimum Gasteiger partial charge on any atom is -0.478 e. The Morgan fingerprint density at radius 2 is 1.64 bits per heavy atom. The number of nitrogens with one attached hydrogen (secondary N) is 1. The van der Waals surface area contributed by atoms with Gasteiger partial charge in [0.25, 0.3) is 0 Å². The summed E-state index contributed by atoms with van der Waals surface area (Å²) in [5.74, 6) is -1.93. The maximum absolute atomic E-state index is 12.0. The summed E-state index contributed by atoms with van der Waals surface area (Å²) >= 11 is 5.90. The number of carboxylic acids is 1. The number of anilines is 1. The Hall–Kier alpha value is -2.66. The smallest absolute Gasteiger partial charge is 0.335 e. The van der Waals surface area contributed by atoms with Gasteiger partial charge in [0.15, 0.2) is 5.78 Å². The SMILES string of the molecule is O=C(CC(=O)c1ccccc1Cl)Nc1ccc(C(=O)O)cc1. The van der Waals surface area contributed by atoms with Crippen molar-refractivity contribution < 1.29 is 19.5 Å². The van der Waals surface area contributed by atoms with Crippen molar-refractivity contribution in [1.82, 2.24) is 0 Å². The molecule has 112 valence electrons. The highest BCUT2D eigenvalue weighted by Crippen LogP contribution is 2.17. The van der Waals surface area contributed by atoms with Crippen LogP contribution < -0.4 is 5.32 Å². The van der Waals surface area contributed by atoms with E-state index in [0.717, 1.165) is 0 Å². The molecule has 0 aliphatic carbocycles. The van der Waals surface area contributed by atoms with Crippen molar-refractivity contribution in [2.75, 3.05) is 5.32 Å². The first kappa shape index (κ1) is 15.7. The van der Waals surface area contributed by atoms with Gasteiger partial charge in [-0.3, -0.25) is 9.59 Å². The maximum atomic E-state index is 12.0. The predicted octanol–water partition coefficient (Wildman–Crippen LogP) is 3.25. The van der Waals surface area contributed by atoms with E-state index in [-0.39, 0.29) is 17.8 Å². The van der Waals surface area contributed by atoms with E-state index in [2.05, 4.69) is 5.32 Å². The van der Waals surface area contributed by atoms with Gasteiger partial charge in [0.05, 0.1) is 17.0 Å². The highest BCUT2D eigenvalue weighted by Gasteiger charge is 2.14. The molecule has 0 aliphatic heterocycles. The Labute approximate surface area is 131 Å². The van der Waals surface area contributed by atoms with Gasteiger partial charge < -0.3 is 10.4 Å². The molecule has 1 amide bonds. The van der Waals surface area contributed by atoms with E-state index in [4.69, 9.17) is 16.7 Å². The average Bonchev–Trinajstić information content (AvgIpc) is 2.48. The Balaban J connectivity index is 1.99. The van der Waals surface area contributed by atoms with E-state index < -0.39 is 11.9 Å². The normalized spacial score (nSPS) is 10.0. The number of hydrogen-bond donors (Lipinski definition) is 2. The first-order valence-electron chi connectivity index (χ1n) is 6.38.